The van der Waals surface area contributed by atoms with Crippen molar-refractivity contribution in [1.29, 1.82) is 0 Å². The number of aliphatic hydroxyl groups excluding tert-OH is 1. The normalized spacial score (nSPS) is 28.4. The number of hydrogen-bond acceptors (Lipinski definition) is 7. The summed E-state index contributed by atoms with van der Waals surface area (Å²) in [6, 6.07) is 12.8. The van der Waals surface area contributed by atoms with Crippen LogP contribution in [0.4, 0.5) is 0 Å². The first-order valence-corrected chi connectivity index (χ1v) is 13.6. The molecule has 210 valence electrons. The lowest BCUT2D eigenvalue weighted by Gasteiger charge is -2.51. The lowest BCUT2D eigenvalue weighted by atomic mass is 9.57. The molecule has 1 aromatic carbocycles. The van der Waals surface area contributed by atoms with Gasteiger partial charge in [-0.15, -0.1) is 0 Å². The number of carbonyl (C=O) groups is 3. The number of hydrogen-bond donors (Lipinski definition) is 3. The summed E-state index contributed by atoms with van der Waals surface area (Å²) in [7, 11) is 1.94. The Morgan fingerprint density at radius 2 is 1.79 bits per heavy atom. The molecular weight excluding hydrogens is 499 g/mol. The summed E-state index contributed by atoms with van der Waals surface area (Å²) in [5, 5.41) is 16.2. The highest BCUT2D eigenvalue weighted by atomic mass is 16.7. The summed E-state index contributed by atoms with van der Waals surface area (Å²) >= 11 is 0. The Morgan fingerprint density at radius 3 is 2.44 bits per heavy atom. The fourth-order valence-corrected chi connectivity index (χ4v) is 5.94. The molecule has 2 aliphatic heterocycles. The van der Waals surface area contributed by atoms with Crippen molar-refractivity contribution in [3.05, 3.63) is 54.2 Å². The number of carbonyl (C=O) groups excluding carboxylic acids is 3. The highest BCUT2D eigenvalue weighted by molar-refractivity contribution is 6.65. The Hall–Kier alpha value is -3.28. The number of aliphatic hydroxyl groups is 1. The SMILES string of the molecule is CC(C)C[C@H](NC(=O)[C@@H](NC(=O)c1cccc(-c2ccccc2)n1)[C@@H](C)O)[B-]12OC[C@H](C)[N+]1(C)[C@H](C)C(=O)O2. The van der Waals surface area contributed by atoms with E-state index in [0.717, 1.165) is 5.56 Å². The van der Waals surface area contributed by atoms with E-state index in [1.54, 1.807) is 18.2 Å². The fourth-order valence-electron chi connectivity index (χ4n) is 5.94. The van der Waals surface area contributed by atoms with Crippen molar-refractivity contribution in [3.8, 4) is 11.3 Å². The molecule has 0 saturated carbocycles. The van der Waals surface area contributed by atoms with Crippen LogP contribution >= 0.6 is 0 Å². The van der Waals surface area contributed by atoms with E-state index in [4.69, 9.17) is 9.31 Å². The largest absolute Gasteiger partial charge is 0.609 e. The first-order valence-electron chi connectivity index (χ1n) is 13.6. The van der Waals surface area contributed by atoms with E-state index in [2.05, 4.69) is 15.6 Å². The summed E-state index contributed by atoms with van der Waals surface area (Å²) in [4.78, 5) is 44.0. The lowest BCUT2D eigenvalue weighted by molar-refractivity contribution is -0.844. The molecule has 2 amide bonds. The van der Waals surface area contributed by atoms with Crippen LogP contribution in [0.1, 0.15) is 51.5 Å². The summed E-state index contributed by atoms with van der Waals surface area (Å²) in [6.07, 6.45) is -0.724. The van der Waals surface area contributed by atoms with E-state index in [1.807, 2.05) is 65.1 Å². The Balaban J connectivity index is 1.57. The Kier molecular flexibility index (Phi) is 8.16. The van der Waals surface area contributed by atoms with E-state index in [0.29, 0.717) is 18.7 Å². The second-order valence-electron chi connectivity index (χ2n) is 11.5. The van der Waals surface area contributed by atoms with Crippen LogP contribution in [0.5, 0.6) is 0 Å². The Labute approximate surface area is 229 Å². The van der Waals surface area contributed by atoms with Gasteiger partial charge in [0.05, 0.1) is 24.4 Å². The molecule has 3 heterocycles. The van der Waals surface area contributed by atoms with Crippen molar-refractivity contribution in [2.75, 3.05) is 13.7 Å². The maximum atomic E-state index is 13.6. The van der Waals surface area contributed by atoms with Gasteiger partial charge in [0.15, 0.2) is 0 Å². The highest BCUT2D eigenvalue weighted by Crippen LogP contribution is 2.44. The molecule has 0 radical (unpaired) electrons. The molecule has 2 fully saturated rings. The average Bonchev–Trinajstić information content (AvgIpc) is 3.28. The molecule has 0 spiro atoms. The summed E-state index contributed by atoms with van der Waals surface area (Å²) < 4.78 is 12.4. The van der Waals surface area contributed by atoms with Gasteiger partial charge < -0.3 is 29.4 Å². The van der Waals surface area contributed by atoms with E-state index >= 15 is 0 Å². The van der Waals surface area contributed by atoms with Crippen molar-refractivity contribution in [3.63, 3.8) is 0 Å². The van der Waals surface area contributed by atoms with Crippen molar-refractivity contribution in [2.24, 2.45) is 5.92 Å². The molecule has 2 unspecified atom stereocenters. The standard InChI is InChI=1S/C28H39BN4O6/c1-17(2)15-24(29-33(6,18(3)16-38-29)19(4)28(37)39-29)31-27(36)25(20(5)34)32-26(35)23-14-10-13-22(30-23)21-11-8-7-9-12-21/h7-14,17-20,24-25,34H,15-16H2,1-6H3,(H,31,36)(H,32,35)/t18-,19+,20+,24-,25-,29?,33?/m0/s1. The van der Waals surface area contributed by atoms with Gasteiger partial charge in [-0.25, -0.2) is 9.78 Å². The number of nitrogens with zero attached hydrogens (tertiary/aromatic N) is 2. The predicted molar refractivity (Wildman–Crippen MR) is 147 cm³/mol. The number of aromatic nitrogens is 1. The minimum atomic E-state index is -2.28. The molecule has 11 heteroatoms. The molecule has 1 aromatic heterocycles. The van der Waals surface area contributed by atoms with Gasteiger partial charge in [-0.3, -0.25) is 9.59 Å². The van der Waals surface area contributed by atoms with Crippen LogP contribution in [0.3, 0.4) is 0 Å². The monoisotopic (exact) mass is 538 g/mol. The van der Waals surface area contributed by atoms with Crippen LogP contribution in [0.2, 0.25) is 0 Å². The number of likely N-dealkylation sites (N-methyl/N-ethyl adjacent to an activating group) is 1. The highest BCUT2D eigenvalue weighted by Gasteiger charge is 2.70. The molecule has 0 bridgehead atoms. The predicted octanol–water partition coefficient (Wildman–Crippen LogP) is 2.05. The maximum absolute atomic E-state index is 13.6. The van der Waals surface area contributed by atoms with Gasteiger partial charge in [-0.2, -0.15) is 0 Å². The van der Waals surface area contributed by atoms with Crippen molar-refractivity contribution >= 4 is 24.5 Å². The summed E-state index contributed by atoms with van der Waals surface area (Å²) in [5.74, 6) is -2.07. The average molecular weight is 538 g/mol. The third-order valence-corrected chi connectivity index (χ3v) is 8.43. The molecule has 2 aliphatic rings. The summed E-state index contributed by atoms with van der Waals surface area (Å²) in [6.45, 7) is 7.38. The van der Waals surface area contributed by atoms with Crippen LogP contribution in [-0.4, -0.2) is 82.8 Å². The molecule has 7 atom stereocenters. The smallest absolute Gasteiger partial charge is 0.549 e. The van der Waals surface area contributed by atoms with Crippen LogP contribution in [0.25, 0.3) is 11.3 Å². The number of nitrogens with one attached hydrogen (secondary N) is 2. The van der Waals surface area contributed by atoms with E-state index in [1.165, 1.54) is 6.92 Å². The third kappa shape index (κ3) is 5.18. The molecule has 2 saturated heterocycles. The topological polar surface area (TPSA) is 127 Å². The first-order chi connectivity index (χ1) is 18.4. The van der Waals surface area contributed by atoms with Crippen molar-refractivity contribution in [1.82, 2.24) is 15.6 Å². The van der Waals surface area contributed by atoms with Gasteiger partial charge in [-0.1, -0.05) is 56.7 Å². The number of pyridine rings is 1. The lowest BCUT2D eigenvalue weighted by Crippen LogP contribution is -2.75. The third-order valence-electron chi connectivity index (χ3n) is 8.43. The maximum Gasteiger partial charge on any atom is 0.549 e. The van der Waals surface area contributed by atoms with E-state index in [-0.39, 0.29) is 28.0 Å². The first kappa shape index (κ1) is 28.7. The van der Waals surface area contributed by atoms with Crippen LogP contribution in [-0.2, 0) is 18.9 Å². The molecule has 4 rings (SSSR count). The fraction of sp³-hybridized carbons (Fsp3) is 0.500. The molecule has 3 N–H and O–H groups in total. The number of fused-ring (bicyclic) bond motifs is 1. The second kappa shape index (κ2) is 11.1. The minimum Gasteiger partial charge on any atom is -0.609 e. The van der Waals surface area contributed by atoms with E-state index < -0.39 is 42.6 Å². The summed E-state index contributed by atoms with van der Waals surface area (Å²) in [5.41, 5.74) is 1.58. The van der Waals surface area contributed by atoms with Crippen molar-refractivity contribution < 1.29 is 33.2 Å². The minimum absolute atomic E-state index is 0.0201. The number of benzene rings is 1. The van der Waals surface area contributed by atoms with Crippen molar-refractivity contribution in [2.45, 2.75) is 71.2 Å². The zero-order valence-electron chi connectivity index (χ0n) is 23.5. The van der Waals surface area contributed by atoms with E-state index in [9.17, 15) is 19.5 Å². The Morgan fingerprint density at radius 1 is 1.10 bits per heavy atom. The number of rotatable bonds is 9. The number of amides is 2. The van der Waals surface area contributed by atoms with Gasteiger partial charge in [0.2, 0.25) is 5.91 Å². The molecule has 2 aromatic rings. The van der Waals surface area contributed by atoms with Gasteiger partial charge in [0.25, 0.3) is 5.91 Å². The van der Waals surface area contributed by atoms with Gasteiger partial charge in [0, 0.05) is 18.6 Å². The molecular formula is C28H39BN4O6. The zero-order valence-corrected chi connectivity index (χ0v) is 23.5. The van der Waals surface area contributed by atoms with Gasteiger partial charge >= 0.3 is 12.7 Å². The zero-order chi connectivity index (χ0) is 28.5. The van der Waals surface area contributed by atoms with Crippen LogP contribution < -0.4 is 10.6 Å². The molecule has 10 nitrogen and oxygen atoms in total. The van der Waals surface area contributed by atoms with Crippen LogP contribution in [0, 0.1) is 5.92 Å². The molecule has 0 aliphatic carbocycles. The van der Waals surface area contributed by atoms with Crippen LogP contribution in [0.15, 0.2) is 48.5 Å². The van der Waals surface area contributed by atoms with Gasteiger partial charge in [0.1, 0.15) is 17.8 Å². The van der Waals surface area contributed by atoms with Gasteiger partial charge in [-0.05, 0) is 38.8 Å². The second-order valence-corrected chi connectivity index (χ2v) is 11.5. The molecule has 39 heavy (non-hydrogen) atoms. The quantitative estimate of drug-likeness (QED) is 0.417. The Bertz CT molecular complexity index is 1230. The number of quaternary nitrogens is 1.